The van der Waals surface area contributed by atoms with Crippen molar-refractivity contribution in [2.24, 2.45) is 0 Å². The zero-order valence-corrected chi connectivity index (χ0v) is 10.0. The summed E-state index contributed by atoms with van der Waals surface area (Å²) in [6, 6.07) is 10.5. The third-order valence-electron chi connectivity index (χ3n) is 2.68. The maximum Gasteiger partial charge on any atom is 0.106 e. The van der Waals surface area contributed by atoms with E-state index in [1.165, 1.54) is 11.1 Å². The van der Waals surface area contributed by atoms with E-state index in [2.05, 4.69) is 42.6 Å². The molecule has 2 aromatic rings. The van der Waals surface area contributed by atoms with Gasteiger partial charge in [-0.3, -0.25) is 0 Å². The second-order valence-electron chi connectivity index (χ2n) is 4.16. The number of benzene rings is 1. The van der Waals surface area contributed by atoms with E-state index in [9.17, 15) is 0 Å². The van der Waals surface area contributed by atoms with Crippen molar-refractivity contribution in [3.8, 4) is 0 Å². The van der Waals surface area contributed by atoms with Crippen molar-refractivity contribution in [3.63, 3.8) is 0 Å². The minimum atomic E-state index is 0.812. The van der Waals surface area contributed by atoms with E-state index in [1.54, 1.807) is 0 Å². The van der Waals surface area contributed by atoms with Gasteiger partial charge in [-0.2, -0.15) is 0 Å². The van der Waals surface area contributed by atoms with Gasteiger partial charge in [0.25, 0.3) is 0 Å². The van der Waals surface area contributed by atoms with Crippen LogP contribution in [-0.2, 0) is 6.54 Å². The second kappa shape index (κ2) is 4.44. The molecule has 1 N–H and O–H groups in total. The molecule has 0 saturated heterocycles. The van der Waals surface area contributed by atoms with E-state index in [4.69, 9.17) is 4.42 Å². The Kier molecular flexibility index (Phi) is 3.00. The van der Waals surface area contributed by atoms with Crippen molar-refractivity contribution in [3.05, 3.63) is 53.0 Å². The average Bonchev–Trinajstić information content (AvgIpc) is 2.57. The van der Waals surface area contributed by atoms with Crippen LogP contribution in [0, 0.1) is 20.8 Å². The molecule has 2 rings (SSSR count). The first kappa shape index (κ1) is 10.8. The first-order valence-electron chi connectivity index (χ1n) is 5.51. The summed E-state index contributed by atoms with van der Waals surface area (Å²) in [6.45, 7) is 6.88. The number of aryl methyl sites for hydroxylation is 3. The number of furan rings is 1. The third-order valence-corrected chi connectivity index (χ3v) is 2.68. The van der Waals surface area contributed by atoms with Gasteiger partial charge in [0.1, 0.15) is 11.5 Å². The first-order chi connectivity index (χ1) is 7.65. The second-order valence-corrected chi connectivity index (χ2v) is 4.16. The van der Waals surface area contributed by atoms with E-state index in [1.807, 2.05) is 13.8 Å². The summed E-state index contributed by atoms with van der Waals surface area (Å²) in [5, 5.41) is 3.38. The van der Waals surface area contributed by atoms with Crippen LogP contribution in [0.15, 0.2) is 34.7 Å². The Morgan fingerprint density at radius 3 is 2.31 bits per heavy atom. The minimum Gasteiger partial charge on any atom is -0.466 e. The molecule has 0 amide bonds. The van der Waals surface area contributed by atoms with Crippen molar-refractivity contribution in [1.29, 1.82) is 0 Å². The van der Waals surface area contributed by atoms with Crippen molar-refractivity contribution < 1.29 is 4.42 Å². The summed E-state index contributed by atoms with van der Waals surface area (Å²) in [4.78, 5) is 0. The van der Waals surface area contributed by atoms with Gasteiger partial charge < -0.3 is 9.73 Å². The van der Waals surface area contributed by atoms with Crippen LogP contribution < -0.4 is 5.32 Å². The normalized spacial score (nSPS) is 10.4. The lowest BCUT2D eigenvalue weighted by Gasteiger charge is -2.05. The molecule has 0 saturated carbocycles. The monoisotopic (exact) mass is 215 g/mol. The van der Waals surface area contributed by atoms with Gasteiger partial charge in [0.15, 0.2) is 0 Å². The number of hydrogen-bond acceptors (Lipinski definition) is 2. The van der Waals surface area contributed by atoms with Crippen molar-refractivity contribution in [1.82, 2.24) is 0 Å². The number of hydrogen-bond donors (Lipinski definition) is 1. The van der Waals surface area contributed by atoms with Crippen LogP contribution in [0.5, 0.6) is 0 Å². The highest BCUT2D eigenvalue weighted by Crippen LogP contribution is 2.16. The Morgan fingerprint density at radius 1 is 1.06 bits per heavy atom. The van der Waals surface area contributed by atoms with E-state index in [0.717, 1.165) is 23.8 Å². The maximum atomic E-state index is 5.48. The molecule has 0 spiro atoms. The Bertz CT molecular complexity index is 468. The quantitative estimate of drug-likeness (QED) is 0.842. The topological polar surface area (TPSA) is 25.2 Å². The minimum absolute atomic E-state index is 0.812. The molecule has 0 aliphatic rings. The van der Waals surface area contributed by atoms with Gasteiger partial charge in [0, 0.05) is 17.8 Å². The fourth-order valence-electron chi connectivity index (χ4n) is 1.73. The molecule has 0 bridgehead atoms. The van der Waals surface area contributed by atoms with Gasteiger partial charge in [-0.1, -0.05) is 17.7 Å². The summed E-state index contributed by atoms with van der Waals surface area (Å²) in [5.74, 6) is 1.97. The summed E-state index contributed by atoms with van der Waals surface area (Å²) in [6.07, 6.45) is 0. The Balaban J connectivity index is 2.02. The number of nitrogens with one attached hydrogen (secondary N) is 1. The molecule has 0 unspecified atom stereocenters. The highest BCUT2D eigenvalue weighted by molar-refractivity contribution is 5.45. The molecule has 2 heteroatoms. The lowest BCUT2D eigenvalue weighted by atomic mass is 10.2. The molecule has 0 aliphatic carbocycles. The summed E-state index contributed by atoms with van der Waals surface area (Å²) in [5.41, 5.74) is 3.64. The lowest BCUT2D eigenvalue weighted by Crippen LogP contribution is -1.99. The van der Waals surface area contributed by atoms with Gasteiger partial charge in [-0.25, -0.2) is 0 Å². The predicted molar refractivity (Wildman–Crippen MR) is 66.7 cm³/mol. The highest BCUT2D eigenvalue weighted by atomic mass is 16.3. The van der Waals surface area contributed by atoms with Crippen molar-refractivity contribution in [2.45, 2.75) is 27.3 Å². The zero-order chi connectivity index (χ0) is 11.5. The highest BCUT2D eigenvalue weighted by Gasteiger charge is 2.03. The molecular weight excluding hydrogens is 198 g/mol. The molecular formula is C14H17NO. The van der Waals surface area contributed by atoms with E-state index < -0.39 is 0 Å². The molecule has 1 aromatic carbocycles. The molecule has 2 nitrogen and oxygen atoms in total. The summed E-state index contributed by atoms with van der Waals surface area (Å²) >= 11 is 0. The standard InChI is InChI=1S/C14H17NO/c1-10-4-6-14(7-5-10)15-9-13-8-11(2)16-12(13)3/h4-8,15H,9H2,1-3H3. The molecule has 16 heavy (non-hydrogen) atoms. The molecule has 1 heterocycles. The summed E-state index contributed by atoms with van der Waals surface area (Å²) in [7, 11) is 0. The SMILES string of the molecule is Cc1ccc(NCc2cc(C)oc2C)cc1. The molecule has 1 aromatic heterocycles. The van der Waals surface area contributed by atoms with Crippen LogP contribution in [0.2, 0.25) is 0 Å². The maximum absolute atomic E-state index is 5.48. The van der Waals surface area contributed by atoms with Crippen molar-refractivity contribution in [2.75, 3.05) is 5.32 Å². The van der Waals surface area contributed by atoms with E-state index in [0.29, 0.717) is 0 Å². The third kappa shape index (κ3) is 2.45. The fourth-order valence-corrected chi connectivity index (χ4v) is 1.73. The van der Waals surface area contributed by atoms with Crippen LogP contribution in [0.1, 0.15) is 22.6 Å². The lowest BCUT2D eigenvalue weighted by molar-refractivity contribution is 0.501. The molecule has 0 radical (unpaired) electrons. The Labute approximate surface area is 96.3 Å². The van der Waals surface area contributed by atoms with Gasteiger partial charge in [0.2, 0.25) is 0 Å². The van der Waals surface area contributed by atoms with E-state index >= 15 is 0 Å². The van der Waals surface area contributed by atoms with Gasteiger partial charge in [0.05, 0.1) is 0 Å². The fraction of sp³-hybridized carbons (Fsp3) is 0.286. The van der Waals surface area contributed by atoms with Crippen molar-refractivity contribution >= 4 is 5.69 Å². The van der Waals surface area contributed by atoms with Crippen LogP contribution in [0.4, 0.5) is 5.69 Å². The number of rotatable bonds is 3. The van der Waals surface area contributed by atoms with Gasteiger partial charge >= 0.3 is 0 Å². The smallest absolute Gasteiger partial charge is 0.106 e. The molecule has 0 aliphatic heterocycles. The van der Waals surface area contributed by atoms with E-state index in [-0.39, 0.29) is 0 Å². The molecule has 84 valence electrons. The number of anilines is 1. The average molecular weight is 215 g/mol. The summed E-state index contributed by atoms with van der Waals surface area (Å²) < 4.78 is 5.48. The Hall–Kier alpha value is -1.70. The van der Waals surface area contributed by atoms with Gasteiger partial charge in [-0.15, -0.1) is 0 Å². The van der Waals surface area contributed by atoms with Crippen LogP contribution >= 0.6 is 0 Å². The largest absolute Gasteiger partial charge is 0.466 e. The zero-order valence-electron chi connectivity index (χ0n) is 10.0. The molecule has 0 atom stereocenters. The predicted octanol–water partition coefficient (Wildman–Crippen LogP) is 3.82. The molecule has 0 fully saturated rings. The van der Waals surface area contributed by atoms with Gasteiger partial charge in [-0.05, 0) is 39.0 Å². The van der Waals surface area contributed by atoms with Crippen LogP contribution in [-0.4, -0.2) is 0 Å². The van der Waals surface area contributed by atoms with Crippen LogP contribution in [0.3, 0.4) is 0 Å². The first-order valence-corrected chi connectivity index (χ1v) is 5.51. The Morgan fingerprint density at radius 2 is 1.75 bits per heavy atom. The van der Waals surface area contributed by atoms with Crippen LogP contribution in [0.25, 0.3) is 0 Å².